The normalized spacial score (nSPS) is 18.0. The molecule has 0 unspecified atom stereocenters. The molecule has 1 saturated heterocycles. The molecule has 8 heteroatoms. The van der Waals surface area contributed by atoms with Gasteiger partial charge in [-0.2, -0.15) is 0 Å². The van der Waals surface area contributed by atoms with Crippen molar-refractivity contribution in [3.05, 3.63) is 93.5 Å². The second-order valence-electron chi connectivity index (χ2n) is 11.7. The molecule has 2 aliphatic heterocycles. The van der Waals surface area contributed by atoms with Crippen molar-refractivity contribution in [1.82, 2.24) is 15.5 Å². The third kappa shape index (κ3) is 6.90. The molecule has 0 radical (unpaired) electrons. The summed E-state index contributed by atoms with van der Waals surface area (Å²) in [4.78, 5) is 27.5. The highest BCUT2D eigenvalue weighted by Gasteiger charge is 2.43. The van der Waals surface area contributed by atoms with Gasteiger partial charge in [-0.05, 0) is 91.1 Å². The maximum absolute atomic E-state index is 13.8. The van der Waals surface area contributed by atoms with Crippen LogP contribution >= 0.6 is 11.6 Å². The Morgan fingerprint density at radius 1 is 1.14 bits per heavy atom. The lowest BCUT2D eigenvalue weighted by Crippen LogP contribution is -2.48. The molecule has 1 fully saturated rings. The fourth-order valence-electron chi connectivity index (χ4n) is 6.65. The largest absolute Gasteiger partial charge is 0.453 e. The van der Waals surface area contributed by atoms with Crippen molar-refractivity contribution < 1.29 is 19.4 Å². The molecular formula is C35H42ClN3O4. The second-order valence-corrected chi connectivity index (χ2v) is 12.1. The maximum atomic E-state index is 13.8. The summed E-state index contributed by atoms with van der Waals surface area (Å²) in [7, 11) is 1.33. The van der Waals surface area contributed by atoms with E-state index in [9.17, 15) is 14.7 Å². The zero-order chi connectivity index (χ0) is 30.4. The molecule has 3 aromatic rings. The van der Waals surface area contributed by atoms with Crippen LogP contribution in [-0.2, 0) is 29.7 Å². The zero-order valence-corrected chi connectivity index (χ0v) is 25.9. The van der Waals surface area contributed by atoms with E-state index in [1.165, 1.54) is 23.8 Å². The van der Waals surface area contributed by atoms with E-state index in [0.29, 0.717) is 43.1 Å². The molecule has 228 valence electrons. The number of alkyl carbamates (subject to hydrolysis) is 1. The Bertz CT molecular complexity index is 1460. The summed E-state index contributed by atoms with van der Waals surface area (Å²) in [5.74, 6) is -0.223. The highest BCUT2D eigenvalue weighted by atomic mass is 35.5. The van der Waals surface area contributed by atoms with Crippen LogP contribution in [0.25, 0.3) is 11.1 Å². The summed E-state index contributed by atoms with van der Waals surface area (Å²) in [6, 6.07) is 20.0. The lowest BCUT2D eigenvalue weighted by molar-refractivity contribution is -0.0563. The summed E-state index contributed by atoms with van der Waals surface area (Å²) in [5, 5.41) is 19.5. The summed E-state index contributed by atoms with van der Waals surface area (Å²) in [6.07, 6.45) is 3.76. The minimum Gasteiger partial charge on any atom is -0.453 e. The molecule has 0 spiro atoms. The van der Waals surface area contributed by atoms with E-state index in [0.717, 1.165) is 55.5 Å². The van der Waals surface area contributed by atoms with Crippen LogP contribution in [0.5, 0.6) is 0 Å². The highest BCUT2D eigenvalue weighted by molar-refractivity contribution is 6.33. The van der Waals surface area contributed by atoms with Crippen LogP contribution in [0.4, 0.5) is 4.79 Å². The average molecular weight is 604 g/mol. The van der Waals surface area contributed by atoms with Crippen molar-refractivity contribution in [1.29, 1.82) is 0 Å². The van der Waals surface area contributed by atoms with Crippen molar-refractivity contribution in [3.8, 4) is 11.1 Å². The van der Waals surface area contributed by atoms with Gasteiger partial charge in [-0.15, -0.1) is 0 Å². The molecule has 43 heavy (non-hydrogen) atoms. The van der Waals surface area contributed by atoms with Gasteiger partial charge in [0.1, 0.15) is 0 Å². The maximum Gasteiger partial charge on any atom is 0.406 e. The van der Waals surface area contributed by atoms with Gasteiger partial charge in [0.25, 0.3) is 5.91 Å². The molecule has 0 saturated carbocycles. The molecule has 7 nitrogen and oxygen atoms in total. The zero-order valence-electron chi connectivity index (χ0n) is 25.1. The van der Waals surface area contributed by atoms with Crippen molar-refractivity contribution in [3.63, 3.8) is 0 Å². The summed E-state index contributed by atoms with van der Waals surface area (Å²) in [6.45, 7) is 5.29. The number of methoxy groups -OCH3 is 1. The molecule has 2 aliphatic rings. The first kappa shape index (κ1) is 31.0. The molecule has 2 heterocycles. The monoisotopic (exact) mass is 603 g/mol. The number of amides is 2. The Morgan fingerprint density at radius 2 is 1.98 bits per heavy atom. The summed E-state index contributed by atoms with van der Waals surface area (Å²) < 4.78 is 4.74. The number of halogens is 1. The fourth-order valence-corrected chi connectivity index (χ4v) is 6.93. The van der Waals surface area contributed by atoms with E-state index < -0.39 is 11.7 Å². The molecule has 5 rings (SSSR count). The van der Waals surface area contributed by atoms with Gasteiger partial charge in [0, 0.05) is 48.2 Å². The molecule has 2 atom stereocenters. The highest BCUT2D eigenvalue weighted by Crippen LogP contribution is 2.45. The van der Waals surface area contributed by atoms with Crippen LogP contribution in [0.1, 0.15) is 65.2 Å². The fraction of sp³-hybridized carbons (Fsp3) is 0.429. The minimum absolute atomic E-state index is 0.00250. The molecule has 0 aliphatic carbocycles. The van der Waals surface area contributed by atoms with E-state index in [1.807, 2.05) is 47.4 Å². The van der Waals surface area contributed by atoms with Crippen molar-refractivity contribution in [2.75, 3.05) is 33.3 Å². The van der Waals surface area contributed by atoms with Crippen molar-refractivity contribution in [2.24, 2.45) is 5.92 Å². The number of hydrogen-bond donors (Lipinski definition) is 3. The molecule has 2 amide bonds. The van der Waals surface area contributed by atoms with Crippen LogP contribution in [0, 0.1) is 5.92 Å². The topological polar surface area (TPSA) is 90.9 Å². The van der Waals surface area contributed by atoms with Gasteiger partial charge in [-0.1, -0.05) is 61.0 Å². The lowest BCUT2D eigenvalue weighted by atomic mass is 9.72. The van der Waals surface area contributed by atoms with Crippen LogP contribution in [0.3, 0.4) is 0 Å². The predicted molar refractivity (Wildman–Crippen MR) is 170 cm³/mol. The Balaban J connectivity index is 1.48. The first-order valence-electron chi connectivity index (χ1n) is 15.4. The van der Waals surface area contributed by atoms with Crippen LogP contribution in [-0.4, -0.2) is 55.3 Å². The standard InChI is InChI=1S/C35H42ClN3O4/c1-3-24-8-4-9-26(20-24)32-30(11-5-12-31(32)36)35(42,16-7-17-38-34(41)43-2)29-10-6-19-39(23-29)33(40)27-13-14-28-22-37-18-15-25(28)21-27/h4-5,8-9,11-14,20-21,29,37,42H,3,6-7,10,15-19,22-23H2,1-2H3,(H,38,41)/t29-,35+/m1/s1. The summed E-state index contributed by atoms with van der Waals surface area (Å²) >= 11 is 6.89. The van der Waals surface area contributed by atoms with Gasteiger partial charge in [0.05, 0.1) is 12.7 Å². The number of aryl methyl sites for hydroxylation is 1. The number of carbonyl (C=O) groups is 2. The van der Waals surface area contributed by atoms with Crippen LogP contribution in [0.15, 0.2) is 60.7 Å². The van der Waals surface area contributed by atoms with E-state index in [1.54, 1.807) is 0 Å². The molecule has 3 N–H and O–H groups in total. The number of carbonyl (C=O) groups excluding carboxylic acids is 2. The first-order chi connectivity index (χ1) is 20.8. The van der Waals surface area contributed by atoms with Crippen molar-refractivity contribution in [2.45, 2.75) is 57.6 Å². The number of nitrogens with zero attached hydrogens (tertiary/aromatic N) is 1. The third-order valence-corrected chi connectivity index (χ3v) is 9.33. The van der Waals surface area contributed by atoms with Crippen LogP contribution < -0.4 is 10.6 Å². The molecule has 0 bridgehead atoms. The predicted octanol–water partition coefficient (Wildman–Crippen LogP) is 6.09. The van der Waals surface area contributed by atoms with E-state index >= 15 is 0 Å². The molecule has 0 aromatic heterocycles. The number of ether oxygens (including phenoxy) is 1. The van der Waals surface area contributed by atoms with Gasteiger partial charge in [-0.3, -0.25) is 4.79 Å². The second kappa shape index (κ2) is 13.9. The number of rotatable bonds is 9. The van der Waals surface area contributed by atoms with Gasteiger partial charge in [0.15, 0.2) is 0 Å². The first-order valence-corrected chi connectivity index (χ1v) is 15.8. The average Bonchev–Trinajstić information content (AvgIpc) is 3.05. The number of aliphatic hydroxyl groups is 1. The Hall–Kier alpha value is -3.39. The number of likely N-dealkylation sites (tertiary alicyclic amines) is 1. The van der Waals surface area contributed by atoms with E-state index in [2.05, 4.69) is 35.8 Å². The number of piperidine rings is 1. The smallest absolute Gasteiger partial charge is 0.406 e. The van der Waals surface area contributed by atoms with Gasteiger partial charge in [-0.25, -0.2) is 4.79 Å². The Kier molecular flexibility index (Phi) is 10.1. The minimum atomic E-state index is -1.29. The number of benzene rings is 3. The Labute approximate surface area is 259 Å². The number of fused-ring (bicyclic) bond motifs is 1. The molecule has 3 aromatic carbocycles. The van der Waals surface area contributed by atoms with Gasteiger partial charge in [0.2, 0.25) is 0 Å². The Morgan fingerprint density at radius 3 is 2.79 bits per heavy atom. The summed E-state index contributed by atoms with van der Waals surface area (Å²) in [5.41, 5.74) is 5.60. The van der Waals surface area contributed by atoms with Gasteiger partial charge >= 0.3 is 6.09 Å². The van der Waals surface area contributed by atoms with E-state index in [4.69, 9.17) is 16.3 Å². The van der Waals surface area contributed by atoms with Gasteiger partial charge < -0.3 is 25.4 Å². The quantitative estimate of drug-likeness (QED) is 0.258. The van der Waals surface area contributed by atoms with E-state index in [-0.39, 0.29) is 11.8 Å². The lowest BCUT2D eigenvalue weighted by Gasteiger charge is -2.44. The van der Waals surface area contributed by atoms with Crippen LogP contribution in [0.2, 0.25) is 5.02 Å². The number of nitrogens with one attached hydrogen (secondary N) is 2. The SMILES string of the molecule is CCc1cccc(-c2c(Cl)cccc2[C@](O)(CCCNC(=O)OC)[C@@H]2CCCN(C(=O)c3ccc4c(c3)CCNC4)C2)c1. The third-order valence-electron chi connectivity index (χ3n) is 9.02. The number of hydrogen-bond acceptors (Lipinski definition) is 5. The molecular weight excluding hydrogens is 562 g/mol. The van der Waals surface area contributed by atoms with Crippen molar-refractivity contribution >= 4 is 23.6 Å².